The number of aromatic nitrogens is 1. The van der Waals surface area contributed by atoms with Crippen molar-refractivity contribution >= 4 is 18.1 Å². The fourth-order valence-corrected chi connectivity index (χ4v) is 4.06. The molecular weight excluding hydrogens is 320 g/mol. The van der Waals surface area contributed by atoms with E-state index < -0.39 is 11.9 Å². The van der Waals surface area contributed by atoms with E-state index in [2.05, 4.69) is 11.8 Å². The van der Waals surface area contributed by atoms with Gasteiger partial charge in [-0.15, -0.1) is 0 Å². The molecule has 1 aliphatic heterocycles. The zero-order chi connectivity index (χ0) is 18.9. The van der Waals surface area contributed by atoms with E-state index in [1.165, 1.54) is 0 Å². The summed E-state index contributed by atoms with van der Waals surface area (Å²) in [7, 11) is 1.80. The number of likely N-dealkylation sites (tertiary alicyclic amines) is 1. The van der Waals surface area contributed by atoms with E-state index in [9.17, 15) is 14.4 Å². The second kappa shape index (κ2) is 7.39. The Morgan fingerprint density at radius 3 is 2.56 bits per heavy atom. The zero-order valence-corrected chi connectivity index (χ0v) is 15.7. The molecule has 138 valence electrons. The van der Waals surface area contributed by atoms with E-state index >= 15 is 0 Å². The van der Waals surface area contributed by atoms with Crippen LogP contribution in [0.25, 0.3) is 0 Å². The van der Waals surface area contributed by atoms with E-state index in [-0.39, 0.29) is 12.1 Å². The molecule has 2 N–H and O–H groups in total. The molecule has 2 heterocycles. The quantitative estimate of drug-likeness (QED) is 0.789. The second-order valence-electron chi connectivity index (χ2n) is 6.70. The van der Waals surface area contributed by atoms with Crippen LogP contribution in [0.4, 0.5) is 0 Å². The molecule has 25 heavy (non-hydrogen) atoms. The third kappa shape index (κ3) is 3.20. The Morgan fingerprint density at radius 2 is 2.04 bits per heavy atom. The molecule has 7 nitrogen and oxygen atoms in total. The number of amides is 2. The Hall–Kier alpha value is -2.15. The Bertz CT molecular complexity index is 695. The standard InChI is InChI=1S/C18H28N4O3/c1-6-21-9-7-8-15(21)20(5)18(25)13(4)22-12(3)16(17(19)24)11(2)14(22)10-23/h10,13,15H,6-9H2,1-5H3,(H2,19,24). The molecule has 1 saturated heterocycles. The number of hydrogen-bond donors (Lipinski definition) is 1. The van der Waals surface area contributed by atoms with Gasteiger partial charge in [0.05, 0.1) is 17.4 Å². The predicted molar refractivity (Wildman–Crippen MR) is 95.6 cm³/mol. The molecular formula is C18H28N4O3. The van der Waals surface area contributed by atoms with Gasteiger partial charge in [0.1, 0.15) is 6.04 Å². The summed E-state index contributed by atoms with van der Waals surface area (Å²) >= 11 is 0. The number of nitrogens with two attached hydrogens (primary N) is 1. The normalized spacial score (nSPS) is 19.0. The van der Waals surface area contributed by atoms with Crippen molar-refractivity contribution in [2.24, 2.45) is 5.73 Å². The molecule has 1 aliphatic rings. The molecule has 1 aromatic rings. The summed E-state index contributed by atoms with van der Waals surface area (Å²) in [6, 6.07) is -0.587. The number of rotatable bonds is 6. The van der Waals surface area contributed by atoms with Crippen LogP contribution in [0.3, 0.4) is 0 Å². The number of carbonyl (C=O) groups is 3. The van der Waals surface area contributed by atoms with Crippen LogP contribution in [-0.2, 0) is 4.79 Å². The number of aldehydes is 1. The van der Waals surface area contributed by atoms with Crippen molar-refractivity contribution in [2.75, 3.05) is 20.1 Å². The Balaban J connectivity index is 2.38. The van der Waals surface area contributed by atoms with E-state index in [1.54, 1.807) is 37.3 Å². The van der Waals surface area contributed by atoms with Gasteiger partial charge >= 0.3 is 0 Å². The summed E-state index contributed by atoms with van der Waals surface area (Å²) < 4.78 is 1.63. The van der Waals surface area contributed by atoms with Gasteiger partial charge in [-0.1, -0.05) is 6.92 Å². The molecule has 0 spiro atoms. The van der Waals surface area contributed by atoms with E-state index in [4.69, 9.17) is 5.73 Å². The van der Waals surface area contributed by atoms with Crippen LogP contribution >= 0.6 is 0 Å². The molecule has 7 heteroatoms. The van der Waals surface area contributed by atoms with Gasteiger partial charge in [-0.25, -0.2) is 0 Å². The van der Waals surface area contributed by atoms with Crippen LogP contribution in [0.1, 0.15) is 64.8 Å². The highest BCUT2D eigenvalue weighted by atomic mass is 16.2. The molecule has 2 amide bonds. The molecule has 0 radical (unpaired) electrons. The first kappa shape index (κ1) is 19.2. The Kier molecular flexibility index (Phi) is 5.67. The van der Waals surface area contributed by atoms with Gasteiger partial charge in [0.25, 0.3) is 5.91 Å². The third-order valence-electron chi connectivity index (χ3n) is 5.37. The lowest BCUT2D eigenvalue weighted by molar-refractivity contribution is -0.138. The second-order valence-corrected chi connectivity index (χ2v) is 6.70. The van der Waals surface area contributed by atoms with Crippen molar-refractivity contribution in [1.82, 2.24) is 14.4 Å². The zero-order valence-electron chi connectivity index (χ0n) is 15.7. The van der Waals surface area contributed by atoms with E-state index in [0.717, 1.165) is 25.9 Å². The Labute approximate surface area is 148 Å². The smallest absolute Gasteiger partial charge is 0.250 e. The summed E-state index contributed by atoms with van der Waals surface area (Å²) in [5, 5.41) is 0. The molecule has 2 atom stereocenters. The molecule has 2 unspecified atom stereocenters. The van der Waals surface area contributed by atoms with Gasteiger partial charge in [-0.05, 0) is 45.7 Å². The van der Waals surface area contributed by atoms with Gasteiger partial charge in [0.15, 0.2) is 6.29 Å². The molecule has 0 saturated carbocycles. The summed E-state index contributed by atoms with van der Waals surface area (Å²) in [5.74, 6) is -0.666. The largest absolute Gasteiger partial charge is 0.366 e. The minimum absolute atomic E-state index is 0.0761. The van der Waals surface area contributed by atoms with Crippen LogP contribution in [0.5, 0.6) is 0 Å². The van der Waals surface area contributed by atoms with Crippen molar-refractivity contribution < 1.29 is 14.4 Å². The third-order valence-corrected chi connectivity index (χ3v) is 5.37. The monoisotopic (exact) mass is 348 g/mol. The number of nitrogens with zero attached hydrogens (tertiary/aromatic N) is 3. The fraction of sp³-hybridized carbons (Fsp3) is 0.611. The summed E-state index contributed by atoms with van der Waals surface area (Å²) in [6.45, 7) is 9.13. The fourth-order valence-electron chi connectivity index (χ4n) is 4.06. The van der Waals surface area contributed by atoms with Crippen LogP contribution in [-0.4, -0.2) is 58.8 Å². The SMILES string of the molecule is CCN1CCCC1N(C)C(=O)C(C)n1c(C)c(C(N)=O)c(C)c1C=O. The maximum Gasteiger partial charge on any atom is 0.250 e. The van der Waals surface area contributed by atoms with Crippen LogP contribution in [0, 0.1) is 13.8 Å². The number of hydrogen-bond acceptors (Lipinski definition) is 4. The summed E-state index contributed by atoms with van der Waals surface area (Å²) in [5.41, 5.74) is 7.19. The van der Waals surface area contributed by atoms with Gasteiger partial charge in [0.2, 0.25) is 5.91 Å². The first-order valence-electron chi connectivity index (χ1n) is 8.73. The topological polar surface area (TPSA) is 88.6 Å². The molecule has 1 aromatic heterocycles. The predicted octanol–water partition coefficient (Wildman–Crippen LogP) is 1.48. The summed E-state index contributed by atoms with van der Waals surface area (Å²) in [4.78, 5) is 40.4. The average Bonchev–Trinajstić information content (AvgIpc) is 3.14. The van der Waals surface area contributed by atoms with Gasteiger partial charge in [-0.3, -0.25) is 19.3 Å². The summed E-state index contributed by atoms with van der Waals surface area (Å²) in [6.07, 6.45) is 2.77. The van der Waals surface area contributed by atoms with Crippen molar-refractivity contribution in [3.8, 4) is 0 Å². The highest BCUT2D eigenvalue weighted by Crippen LogP contribution is 2.27. The molecule has 0 aromatic carbocycles. The maximum atomic E-state index is 13.0. The van der Waals surface area contributed by atoms with Crippen molar-refractivity contribution in [3.05, 3.63) is 22.5 Å². The van der Waals surface area contributed by atoms with Crippen molar-refractivity contribution in [1.29, 1.82) is 0 Å². The highest BCUT2D eigenvalue weighted by Gasteiger charge is 2.34. The van der Waals surface area contributed by atoms with Crippen LogP contribution in [0.2, 0.25) is 0 Å². The first-order valence-corrected chi connectivity index (χ1v) is 8.73. The lowest BCUT2D eigenvalue weighted by atomic mass is 10.1. The van der Waals surface area contributed by atoms with E-state index in [0.29, 0.717) is 28.8 Å². The minimum atomic E-state index is -0.587. The maximum absolute atomic E-state index is 13.0. The average molecular weight is 348 g/mol. The molecule has 1 fully saturated rings. The van der Waals surface area contributed by atoms with Crippen molar-refractivity contribution in [2.45, 2.75) is 52.7 Å². The Morgan fingerprint density at radius 1 is 1.40 bits per heavy atom. The van der Waals surface area contributed by atoms with E-state index in [1.807, 2.05) is 0 Å². The lowest BCUT2D eigenvalue weighted by Crippen LogP contribution is -2.47. The van der Waals surface area contributed by atoms with Gasteiger partial charge < -0.3 is 15.2 Å². The first-order chi connectivity index (χ1) is 11.8. The van der Waals surface area contributed by atoms with Crippen LogP contribution < -0.4 is 5.73 Å². The van der Waals surface area contributed by atoms with Gasteiger partial charge in [0, 0.05) is 19.3 Å². The molecule has 0 aliphatic carbocycles. The molecule has 2 rings (SSSR count). The number of carbonyl (C=O) groups excluding carboxylic acids is 3. The van der Waals surface area contributed by atoms with Crippen LogP contribution in [0.15, 0.2) is 0 Å². The number of primary amides is 1. The van der Waals surface area contributed by atoms with Gasteiger partial charge in [-0.2, -0.15) is 0 Å². The van der Waals surface area contributed by atoms with Crippen molar-refractivity contribution in [3.63, 3.8) is 0 Å². The number of likely N-dealkylation sites (N-methyl/N-ethyl adjacent to an activating group) is 1. The minimum Gasteiger partial charge on any atom is -0.366 e. The molecule has 0 bridgehead atoms. The highest BCUT2D eigenvalue weighted by molar-refractivity contribution is 5.98. The lowest BCUT2D eigenvalue weighted by Gasteiger charge is -2.34.